The van der Waals surface area contributed by atoms with E-state index in [4.69, 9.17) is 9.47 Å². The molecule has 0 spiro atoms. The van der Waals surface area contributed by atoms with Crippen molar-refractivity contribution >= 4 is 17.7 Å². The number of para-hydroxylation sites is 1. The Morgan fingerprint density at radius 2 is 1.86 bits per heavy atom. The number of carbonyl (C=O) groups is 2. The number of benzene rings is 1. The average Bonchev–Trinajstić information content (AvgIpc) is 2.48. The van der Waals surface area contributed by atoms with E-state index in [1.165, 1.54) is 0 Å². The van der Waals surface area contributed by atoms with Gasteiger partial charge in [-0.25, -0.2) is 4.79 Å². The number of anilines is 1. The fourth-order valence-electron chi connectivity index (χ4n) is 1.54. The van der Waals surface area contributed by atoms with Crippen LogP contribution in [0.1, 0.15) is 25.7 Å². The SMILES string of the molecule is C=CCCOC(=O)CCCCOC(=O)Nc1ccccc1. The molecule has 0 bridgehead atoms. The minimum Gasteiger partial charge on any atom is -0.465 e. The van der Waals surface area contributed by atoms with Crippen molar-refractivity contribution in [3.05, 3.63) is 43.0 Å². The summed E-state index contributed by atoms with van der Waals surface area (Å²) in [6.45, 7) is 4.19. The molecule has 114 valence electrons. The number of esters is 1. The highest BCUT2D eigenvalue weighted by Crippen LogP contribution is 2.06. The van der Waals surface area contributed by atoms with E-state index in [-0.39, 0.29) is 12.6 Å². The molecule has 0 atom stereocenters. The largest absolute Gasteiger partial charge is 0.465 e. The molecule has 0 aliphatic heterocycles. The molecule has 0 aromatic heterocycles. The van der Waals surface area contributed by atoms with Crippen LogP contribution in [0.15, 0.2) is 43.0 Å². The van der Waals surface area contributed by atoms with Crippen LogP contribution in [0.3, 0.4) is 0 Å². The van der Waals surface area contributed by atoms with E-state index >= 15 is 0 Å². The monoisotopic (exact) mass is 291 g/mol. The minimum atomic E-state index is -0.491. The molecule has 21 heavy (non-hydrogen) atoms. The molecule has 1 aromatic carbocycles. The first-order valence-corrected chi connectivity index (χ1v) is 6.97. The van der Waals surface area contributed by atoms with Crippen molar-refractivity contribution in [2.75, 3.05) is 18.5 Å². The predicted octanol–water partition coefficient (Wildman–Crippen LogP) is 3.52. The van der Waals surface area contributed by atoms with Gasteiger partial charge in [0.1, 0.15) is 0 Å². The van der Waals surface area contributed by atoms with E-state index in [0.717, 1.165) is 0 Å². The molecular weight excluding hydrogens is 270 g/mol. The molecule has 5 nitrogen and oxygen atoms in total. The van der Waals surface area contributed by atoms with Crippen LogP contribution in [-0.2, 0) is 14.3 Å². The summed E-state index contributed by atoms with van der Waals surface area (Å²) in [5, 5.41) is 2.61. The van der Waals surface area contributed by atoms with Crippen LogP contribution in [0.5, 0.6) is 0 Å². The predicted molar refractivity (Wildman–Crippen MR) is 81.0 cm³/mol. The minimum absolute atomic E-state index is 0.231. The third-order valence-corrected chi connectivity index (χ3v) is 2.61. The maximum Gasteiger partial charge on any atom is 0.411 e. The molecule has 0 heterocycles. The Morgan fingerprint density at radius 3 is 2.57 bits per heavy atom. The number of nitrogens with one attached hydrogen (secondary N) is 1. The maximum absolute atomic E-state index is 11.4. The molecule has 1 N–H and O–H groups in total. The van der Waals surface area contributed by atoms with Crippen LogP contribution < -0.4 is 5.32 Å². The van der Waals surface area contributed by atoms with Crippen molar-refractivity contribution in [2.45, 2.75) is 25.7 Å². The quantitative estimate of drug-likeness (QED) is 0.429. The van der Waals surface area contributed by atoms with Gasteiger partial charge in [0.05, 0.1) is 13.2 Å². The summed E-state index contributed by atoms with van der Waals surface area (Å²) in [7, 11) is 0. The highest BCUT2D eigenvalue weighted by Gasteiger charge is 2.04. The number of unbranched alkanes of at least 4 members (excludes halogenated alkanes) is 1. The van der Waals surface area contributed by atoms with Gasteiger partial charge in [-0.3, -0.25) is 10.1 Å². The van der Waals surface area contributed by atoms with Crippen LogP contribution in [0, 0.1) is 0 Å². The maximum atomic E-state index is 11.4. The molecule has 0 aliphatic carbocycles. The van der Waals surface area contributed by atoms with E-state index in [1.54, 1.807) is 18.2 Å². The third-order valence-electron chi connectivity index (χ3n) is 2.61. The van der Waals surface area contributed by atoms with Crippen molar-refractivity contribution in [3.63, 3.8) is 0 Å². The first-order chi connectivity index (χ1) is 10.2. The van der Waals surface area contributed by atoms with Gasteiger partial charge in [-0.1, -0.05) is 24.3 Å². The summed E-state index contributed by atoms with van der Waals surface area (Å²) in [5.41, 5.74) is 0.688. The smallest absolute Gasteiger partial charge is 0.411 e. The summed E-state index contributed by atoms with van der Waals surface area (Å²) in [4.78, 5) is 22.7. The summed E-state index contributed by atoms with van der Waals surface area (Å²) in [6, 6.07) is 9.08. The van der Waals surface area contributed by atoms with Gasteiger partial charge >= 0.3 is 12.1 Å². The van der Waals surface area contributed by atoms with Gasteiger partial charge in [0.25, 0.3) is 0 Å². The van der Waals surface area contributed by atoms with Gasteiger partial charge in [-0.2, -0.15) is 0 Å². The first kappa shape index (κ1) is 16.8. The summed E-state index contributed by atoms with van der Waals surface area (Å²) < 4.78 is 9.97. The van der Waals surface area contributed by atoms with Gasteiger partial charge in [0.2, 0.25) is 0 Å². The third kappa shape index (κ3) is 8.47. The van der Waals surface area contributed by atoms with E-state index in [2.05, 4.69) is 11.9 Å². The Kier molecular flexibility index (Phi) is 8.36. The molecule has 0 saturated heterocycles. The fourth-order valence-corrected chi connectivity index (χ4v) is 1.54. The lowest BCUT2D eigenvalue weighted by molar-refractivity contribution is -0.143. The van der Waals surface area contributed by atoms with Crippen LogP contribution in [-0.4, -0.2) is 25.3 Å². The lowest BCUT2D eigenvalue weighted by atomic mass is 10.2. The van der Waals surface area contributed by atoms with Crippen molar-refractivity contribution in [2.24, 2.45) is 0 Å². The molecule has 0 saturated carbocycles. The highest BCUT2D eigenvalue weighted by atomic mass is 16.5. The molecule has 0 fully saturated rings. The van der Waals surface area contributed by atoms with E-state index in [9.17, 15) is 9.59 Å². The standard InChI is InChI=1S/C16H21NO4/c1-2-3-12-20-15(18)11-7-8-13-21-16(19)17-14-9-5-4-6-10-14/h2,4-6,9-10H,1,3,7-8,11-13H2,(H,17,19). The summed E-state index contributed by atoms with van der Waals surface area (Å²) in [6.07, 6.45) is 3.46. The number of hydrogen-bond donors (Lipinski definition) is 1. The number of carbonyl (C=O) groups excluding carboxylic acids is 2. The Morgan fingerprint density at radius 1 is 1.10 bits per heavy atom. The number of rotatable bonds is 9. The Bertz CT molecular complexity index is 445. The molecule has 1 aromatic rings. The second-order valence-electron chi connectivity index (χ2n) is 4.38. The lowest BCUT2D eigenvalue weighted by Crippen LogP contribution is -2.14. The van der Waals surface area contributed by atoms with Gasteiger partial charge < -0.3 is 9.47 Å². The zero-order valence-corrected chi connectivity index (χ0v) is 12.0. The Hall–Kier alpha value is -2.30. The van der Waals surface area contributed by atoms with Gasteiger partial charge in [-0.15, -0.1) is 6.58 Å². The lowest BCUT2D eigenvalue weighted by Gasteiger charge is -2.07. The van der Waals surface area contributed by atoms with Crippen molar-refractivity contribution in [1.29, 1.82) is 0 Å². The van der Waals surface area contributed by atoms with Crippen molar-refractivity contribution in [3.8, 4) is 0 Å². The van der Waals surface area contributed by atoms with Crippen LogP contribution in [0.2, 0.25) is 0 Å². The zero-order chi connectivity index (χ0) is 15.3. The van der Waals surface area contributed by atoms with Crippen LogP contribution >= 0.6 is 0 Å². The second kappa shape index (κ2) is 10.5. The summed E-state index contributed by atoms with van der Waals surface area (Å²) in [5.74, 6) is -0.231. The molecule has 1 amide bonds. The number of hydrogen-bond acceptors (Lipinski definition) is 4. The van der Waals surface area contributed by atoms with Crippen molar-refractivity contribution in [1.82, 2.24) is 0 Å². The zero-order valence-electron chi connectivity index (χ0n) is 12.0. The molecule has 0 radical (unpaired) electrons. The highest BCUT2D eigenvalue weighted by molar-refractivity contribution is 5.84. The summed E-state index contributed by atoms with van der Waals surface area (Å²) >= 11 is 0. The molecule has 0 unspecified atom stereocenters. The van der Waals surface area contributed by atoms with Crippen LogP contribution in [0.4, 0.5) is 10.5 Å². The number of ether oxygens (including phenoxy) is 2. The van der Waals surface area contributed by atoms with Crippen LogP contribution in [0.25, 0.3) is 0 Å². The van der Waals surface area contributed by atoms with E-state index in [0.29, 0.717) is 38.0 Å². The second-order valence-corrected chi connectivity index (χ2v) is 4.38. The molecular formula is C16H21NO4. The Balaban J connectivity index is 2.02. The molecule has 0 aliphatic rings. The first-order valence-electron chi connectivity index (χ1n) is 6.97. The topological polar surface area (TPSA) is 64.6 Å². The molecule has 1 rings (SSSR count). The number of amides is 1. The van der Waals surface area contributed by atoms with E-state index in [1.807, 2.05) is 18.2 Å². The average molecular weight is 291 g/mol. The Labute approximate surface area is 124 Å². The van der Waals surface area contributed by atoms with Gasteiger partial charge in [0.15, 0.2) is 0 Å². The molecule has 5 heteroatoms. The van der Waals surface area contributed by atoms with Gasteiger partial charge in [0, 0.05) is 12.1 Å². The fraction of sp³-hybridized carbons (Fsp3) is 0.375. The normalized spacial score (nSPS) is 9.71. The van der Waals surface area contributed by atoms with Gasteiger partial charge in [-0.05, 0) is 31.4 Å². The van der Waals surface area contributed by atoms with Crippen molar-refractivity contribution < 1.29 is 19.1 Å². The van der Waals surface area contributed by atoms with E-state index < -0.39 is 6.09 Å².